The predicted molar refractivity (Wildman–Crippen MR) is 116 cm³/mol. The number of amides is 1. The van der Waals surface area contributed by atoms with Crippen molar-refractivity contribution in [3.8, 4) is 5.75 Å². The van der Waals surface area contributed by atoms with E-state index in [1.165, 1.54) is 37.1 Å². The number of benzene rings is 1. The first-order valence-electron chi connectivity index (χ1n) is 10.7. The fourth-order valence-electron chi connectivity index (χ4n) is 4.27. The van der Waals surface area contributed by atoms with E-state index in [0.717, 1.165) is 35.1 Å². The first kappa shape index (κ1) is 20.1. The minimum atomic E-state index is 0.0453. The summed E-state index contributed by atoms with van der Waals surface area (Å²) in [7, 11) is 0. The van der Waals surface area contributed by atoms with Crippen LogP contribution in [-0.4, -0.2) is 53.8 Å². The van der Waals surface area contributed by atoms with E-state index in [1.807, 2.05) is 30.9 Å². The number of nitrogens with zero attached hydrogens (tertiary/aromatic N) is 4. The lowest BCUT2D eigenvalue weighted by molar-refractivity contribution is -0.133. The molecular formula is C22H30N4O2S. The van der Waals surface area contributed by atoms with Crippen LogP contribution in [0.5, 0.6) is 5.75 Å². The highest BCUT2D eigenvalue weighted by atomic mass is 32.1. The molecule has 2 heterocycles. The molecule has 0 spiro atoms. The van der Waals surface area contributed by atoms with Gasteiger partial charge in [-0.05, 0) is 49.9 Å². The van der Waals surface area contributed by atoms with Crippen molar-refractivity contribution < 1.29 is 9.53 Å². The van der Waals surface area contributed by atoms with Crippen LogP contribution < -0.4 is 9.64 Å². The standard InChI is InChI=1S/C22H30N4O2S/c1-16-12-17(2)14-19(13-16)28-15-20(27)25-8-10-26(11-9-25)22-24-23-21(29-22)18-6-4-3-5-7-18/h12-14,18H,3-11,15H2,1-2H3. The second-order valence-electron chi connectivity index (χ2n) is 8.24. The van der Waals surface area contributed by atoms with E-state index in [9.17, 15) is 4.79 Å². The summed E-state index contributed by atoms with van der Waals surface area (Å²) in [6.45, 7) is 7.17. The molecule has 0 bridgehead atoms. The van der Waals surface area contributed by atoms with Crippen molar-refractivity contribution in [2.45, 2.75) is 51.9 Å². The highest BCUT2D eigenvalue weighted by Gasteiger charge is 2.25. The Kier molecular flexibility index (Phi) is 6.33. The maximum absolute atomic E-state index is 12.6. The van der Waals surface area contributed by atoms with Crippen molar-refractivity contribution in [3.05, 3.63) is 34.3 Å². The summed E-state index contributed by atoms with van der Waals surface area (Å²) < 4.78 is 5.74. The van der Waals surface area contributed by atoms with Crippen LogP contribution in [-0.2, 0) is 4.79 Å². The van der Waals surface area contributed by atoms with E-state index < -0.39 is 0 Å². The Balaban J connectivity index is 1.26. The molecule has 156 valence electrons. The zero-order chi connectivity index (χ0) is 20.2. The third kappa shape index (κ3) is 5.07. The molecule has 2 aromatic rings. The molecule has 2 fully saturated rings. The summed E-state index contributed by atoms with van der Waals surface area (Å²) in [4.78, 5) is 16.7. The normalized spacial score (nSPS) is 18.1. The van der Waals surface area contributed by atoms with Gasteiger partial charge in [-0.2, -0.15) is 0 Å². The molecule has 1 aliphatic heterocycles. The van der Waals surface area contributed by atoms with Gasteiger partial charge in [0.15, 0.2) is 6.61 Å². The quantitative estimate of drug-likeness (QED) is 0.742. The average Bonchev–Trinajstić information content (AvgIpc) is 3.22. The second-order valence-corrected chi connectivity index (χ2v) is 9.23. The molecule has 1 aromatic heterocycles. The second kappa shape index (κ2) is 9.11. The van der Waals surface area contributed by atoms with Gasteiger partial charge in [0.1, 0.15) is 10.8 Å². The molecule has 0 atom stereocenters. The van der Waals surface area contributed by atoms with Crippen molar-refractivity contribution >= 4 is 22.4 Å². The van der Waals surface area contributed by atoms with Gasteiger partial charge < -0.3 is 14.5 Å². The lowest BCUT2D eigenvalue weighted by Gasteiger charge is -2.34. The van der Waals surface area contributed by atoms with Gasteiger partial charge in [-0.15, -0.1) is 10.2 Å². The van der Waals surface area contributed by atoms with Crippen LogP contribution in [0.4, 0.5) is 5.13 Å². The summed E-state index contributed by atoms with van der Waals surface area (Å²) >= 11 is 1.74. The average molecular weight is 415 g/mol. The molecule has 1 saturated carbocycles. The van der Waals surface area contributed by atoms with E-state index in [2.05, 4.69) is 21.2 Å². The monoisotopic (exact) mass is 414 g/mol. The lowest BCUT2D eigenvalue weighted by Crippen LogP contribution is -2.50. The van der Waals surface area contributed by atoms with Gasteiger partial charge >= 0.3 is 0 Å². The summed E-state index contributed by atoms with van der Waals surface area (Å²) in [6, 6.07) is 6.04. The first-order chi connectivity index (χ1) is 14.1. The van der Waals surface area contributed by atoms with Gasteiger partial charge in [0.25, 0.3) is 5.91 Å². The first-order valence-corrected chi connectivity index (χ1v) is 11.5. The van der Waals surface area contributed by atoms with E-state index in [-0.39, 0.29) is 12.5 Å². The number of aromatic nitrogens is 2. The van der Waals surface area contributed by atoms with Crippen molar-refractivity contribution in [1.82, 2.24) is 15.1 Å². The molecule has 4 rings (SSSR count). The molecule has 0 unspecified atom stereocenters. The van der Waals surface area contributed by atoms with Gasteiger partial charge in [0, 0.05) is 32.1 Å². The van der Waals surface area contributed by atoms with Gasteiger partial charge in [-0.1, -0.05) is 36.7 Å². The molecule has 29 heavy (non-hydrogen) atoms. The van der Waals surface area contributed by atoms with E-state index >= 15 is 0 Å². The van der Waals surface area contributed by atoms with E-state index in [4.69, 9.17) is 4.74 Å². The Morgan fingerprint density at radius 1 is 1.03 bits per heavy atom. The maximum atomic E-state index is 12.6. The minimum absolute atomic E-state index is 0.0453. The number of anilines is 1. The Morgan fingerprint density at radius 2 is 1.72 bits per heavy atom. The molecule has 0 N–H and O–H groups in total. The summed E-state index contributed by atoms with van der Waals surface area (Å²) in [5.74, 6) is 1.41. The number of piperazine rings is 1. The molecule has 1 amide bonds. The Labute approximate surface area is 176 Å². The van der Waals surface area contributed by atoms with Crippen LogP contribution in [0.1, 0.15) is 54.2 Å². The number of hydrogen-bond donors (Lipinski definition) is 0. The van der Waals surface area contributed by atoms with Crippen LogP contribution in [0.15, 0.2) is 18.2 Å². The van der Waals surface area contributed by atoms with Gasteiger partial charge in [-0.3, -0.25) is 4.79 Å². The number of hydrogen-bond acceptors (Lipinski definition) is 6. The zero-order valence-electron chi connectivity index (χ0n) is 17.4. The van der Waals surface area contributed by atoms with Gasteiger partial charge in [0.2, 0.25) is 5.13 Å². The molecule has 1 aromatic carbocycles. The number of carbonyl (C=O) groups excluding carboxylic acids is 1. The molecule has 2 aliphatic rings. The third-order valence-corrected chi connectivity index (χ3v) is 6.99. The molecular weight excluding hydrogens is 384 g/mol. The number of carbonyl (C=O) groups is 1. The van der Waals surface area contributed by atoms with Gasteiger partial charge in [-0.25, -0.2) is 0 Å². The van der Waals surface area contributed by atoms with E-state index in [1.54, 1.807) is 11.3 Å². The van der Waals surface area contributed by atoms with Crippen LogP contribution in [0.25, 0.3) is 0 Å². The summed E-state index contributed by atoms with van der Waals surface area (Å²) in [5, 5.41) is 11.1. The van der Waals surface area contributed by atoms with Crippen molar-refractivity contribution in [3.63, 3.8) is 0 Å². The van der Waals surface area contributed by atoms with Crippen LogP contribution in [0.2, 0.25) is 0 Å². The molecule has 6 nitrogen and oxygen atoms in total. The zero-order valence-corrected chi connectivity index (χ0v) is 18.2. The van der Waals surface area contributed by atoms with Gasteiger partial charge in [0.05, 0.1) is 0 Å². The Bertz CT molecular complexity index is 819. The smallest absolute Gasteiger partial charge is 0.260 e. The van der Waals surface area contributed by atoms with E-state index in [0.29, 0.717) is 19.0 Å². The molecule has 0 radical (unpaired) electrons. The minimum Gasteiger partial charge on any atom is -0.484 e. The fourth-order valence-corrected chi connectivity index (χ4v) is 5.33. The topological polar surface area (TPSA) is 58.6 Å². The highest BCUT2D eigenvalue weighted by molar-refractivity contribution is 7.15. The number of rotatable bonds is 5. The Morgan fingerprint density at radius 3 is 2.41 bits per heavy atom. The number of ether oxygens (including phenoxy) is 1. The van der Waals surface area contributed by atoms with Crippen LogP contribution in [0, 0.1) is 13.8 Å². The Hall–Kier alpha value is -2.15. The van der Waals surface area contributed by atoms with Crippen LogP contribution >= 0.6 is 11.3 Å². The highest BCUT2D eigenvalue weighted by Crippen LogP contribution is 2.36. The van der Waals surface area contributed by atoms with Crippen molar-refractivity contribution in [1.29, 1.82) is 0 Å². The van der Waals surface area contributed by atoms with Crippen molar-refractivity contribution in [2.75, 3.05) is 37.7 Å². The molecule has 1 saturated heterocycles. The largest absolute Gasteiger partial charge is 0.484 e. The van der Waals surface area contributed by atoms with Crippen LogP contribution in [0.3, 0.4) is 0 Å². The third-order valence-electron chi connectivity index (χ3n) is 5.84. The number of aryl methyl sites for hydroxylation is 2. The SMILES string of the molecule is Cc1cc(C)cc(OCC(=O)N2CCN(c3nnc(C4CCCCC4)s3)CC2)c1. The summed E-state index contributed by atoms with van der Waals surface area (Å²) in [5.41, 5.74) is 2.29. The molecule has 7 heteroatoms. The maximum Gasteiger partial charge on any atom is 0.260 e. The predicted octanol–water partition coefficient (Wildman–Crippen LogP) is 3.93. The lowest BCUT2D eigenvalue weighted by atomic mass is 9.90. The summed E-state index contributed by atoms with van der Waals surface area (Å²) in [6.07, 6.45) is 6.47. The van der Waals surface area contributed by atoms with Crippen molar-refractivity contribution in [2.24, 2.45) is 0 Å². The molecule has 1 aliphatic carbocycles. The fraction of sp³-hybridized carbons (Fsp3) is 0.591.